The van der Waals surface area contributed by atoms with Gasteiger partial charge in [-0.1, -0.05) is 0 Å². The molecule has 0 fully saturated rings. The van der Waals surface area contributed by atoms with Gasteiger partial charge in [-0.15, -0.1) is 12.3 Å². The zero-order valence-electron chi connectivity index (χ0n) is 12.0. The van der Waals surface area contributed by atoms with Gasteiger partial charge in [-0.2, -0.15) is 12.3 Å². The molecule has 0 unspecified atom stereocenters. The number of hydrogen-bond donors (Lipinski definition) is 2. The first-order valence-corrected chi connectivity index (χ1v) is 5.18. The summed E-state index contributed by atoms with van der Waals surface area (Å²) in [7, 11) is -0.948. The van der Waals surface area contributed by atoms with Gasteiger partial charge in [0.2, 0.25) is 0 Å². The number of rotatable bonds is 2. The Kier molecular flexibility index (Phi) is 20.5. The molecule has 2 heterocycles. The van der Waals surface area contributed by atoms with Gasteiger partial charge in [0.1, 0.15) is 5.95 Å². The maximum absolute atomic E-state index is 9.44. The predicted molar refractivity (Wildman–Crippen MR) is 65.5 cm³/mol. The molecule has 6 nitrogen and oxygen atoms in total. The van der Waals surface area contributed by atoms with E-state index >= 15 is 0 Å². The van der Waals surface area contributed by atoms with Gasteiger partial charge in [0.05, 0.1) is 0 Å². The van der Waals surface area contributed by atoms with Crippen LogP contribution >= 0.6 is 0 Å². The number of nitrogens with zero attached hydrogens (tertiary/aromatic N) is 2. The predicted octanol–water partition coefficient (Wildman–Crippen LogP) is 0.719. The van der Waals surface area contributed by atoms with Crippen LogP contribution in [0.25, 0.3) is 5.73 Å². The monoisotopic (exact) mass is 683 g/mol. The third-order valence-electron chi connectivity index (χ3n) is 2.44. The van der Waals surface area contributed by atoms with Crippen LogP contribution in [0.5, 0.6) is 0 Å². The SMILES string of the molecule is [NH-]c1[c-]cnc(Nc2c[c-]c3c(c2)[CH-]OB3O)n1.[Y].[Y].[Y].[Y].[Y]. The first-order valence-electron chi connectivity index (χ1n) is 5.18. The number of anilines is 2. The van der Waals surface area contributed by atoms with Gasteiger partial charge in [0, 0.05) is 164 Å². The van der Waals surface area contributed by atoms with Crippen molar-refractivity contribution >= 4 is 30.0 Å². The van der Waals surface area contributed by atoms with Gasteiger partial charge < -0.3 is 31.8 Å². The third-order valence-corrected chi connectivity index (χ3v) is 2.44. The second kappa shape index (κ2) is 15.2. The van der Waals surface area contributed by atoms with Crippen molar-refractivity contribution in [2.45, 2.75) is 0 Å². The Bertz CT molecular complexity index is 610. The summed E-state index contributed by atoms with van der Waals surface area (Å²) in [6.45, 7) is 1.47. The molecule has 1 aromatic carbocycles. The van der Waals surface area contributed by atoms with Gasteiger partial charge >= 0.3 is 7.12 Å². The van der Waals surface area contributed by atoms with Gasteiger partial charge in [0.15, 0.2) is 0 Å². The average molecular weight is 683 g/mol. The fourth-order valence-corrected chi connectivity index (χ4v) is 1.63. The normalized spacial score (nSPS) is 10.2. The van der Waals surface area contributed by atoms with Crippen molar-refractivity contribution in [3.05, 3.63) is 48.4 Å². The first-order chi connectivity index (χ1) is 8.72. The standard InChI is InChI=1S/C11H7BN4O2.5Y/c13-10-3-4-14-11(16-10)15-8-1-2-9-7(5-8)6-18-12(9)17;;;;;/h1,4-6,17H,(H2-,13,14,15,16);;;;;/q-4;;;;;. The zero-order chi connectivity index (χ0) is 12.5. The molecule has 3 rings (SSSR count). The molecular formula is C11H7BN4O2Y5-4. The molecule has 1 aromatic heterocycles. The summed E-state index contributed by atoms with van der Waals surface area (Å²) < 4.78 is 4.95. The van der Waals surface area contributed by atoms with Crippen LogP contribution in [0.4, 0.5) is 17.5 Å². The Balaban J connectivity index is -0.000000800. The number of benzene rings is 1. The van der Waals surface area contributed by atoms with Gasteiger partial charge in [-0.3, -0.25) is 16.6 Å². The minimum Gasteiger partial charge on any atom is -0.516 e. The van der Waals surface area contributed by atoms with Crippen LogP contribution in [0.15, 0.2) is 18.3 Å². The van der Waals surface area contributed by atoms with E-state index in [9.17, 15) is 5.02 Å². The molecule has 0 amide bonds. The topological polar surface area (TPSA) is 91.1 Å². The molecule has 0 aliphatic carbocycles. The summed E-state index contributed by atoms with van der Waals surface area (Å²) in [5, 5.41) is 12.4. The van der Waals surface area contributed by atoms with Gasteiger partial charge in [-0.25, -0.2) is 17.3 Å². The molecule has 3 N–H and O–H groups in total. The number of hydrogen-bond acceptors (Lipinski definition) is 5. The third kappa shape index (κ3) is 8.88. The molecule has 1 aliphatic heterocycles. The van der Waals surface area contributed by atoms with E-state index in [0.717, 1.165) is 5.56 Å². The van der Waals surface area contributed by atoms with Gasteiger partial charge in [0.25, 0.3) is 0 Å². The smallest absolute Gasteiger partial charge is 0.381 e. The van der Waals surface area contributed by atoms with Gasteiger partial charge in [-0.05, 0) is 0 Å². The second-order valence-electron chi connectivity index (χ2n) is 3.68. The molecule has 12 heteroatoms. The Morgan fingerprint density at radius 3 is 2.57 bits per heavy atom. The summed E-state index contributed by atoms with van der Waals surface area (Å²) in [4.78, 5) is 7.80. The molecule has 0 atom stereocenters. The first kappa shape index (κ1) is 31.0. The fraction of sp³-hybridized carbons (Fsp3) is 0. The number of fused-ring (bicyclic) bond motifs is 1. The minimum absolute atomic E-state index is 0. The van der Waals surface area contributed by atoms with E-state index in [1.54, 1.807) is 12.1 Å². The average Bonchev–Trinajstić information content (AvgIpc) is 2.71. The van der Waals surface area contributed by atoms with E-state index < -0.39 is 7.12 Å². The number of nitrogens with one attached hydrogen (secondary N) is 2. The largest absolute Gasteiger partial charge is 0.516 e. The Morgan fingerprint density at radius 2 is 1.91 bits per heavy atom. The summed E-state index contributed by atoms with van der Waals surface area (Å²) >= 11 is 0. The molecule has 2 aromatic rings. The van der Waals surface area contributed by atoms with Crippen LogP contribution < -0.4 is 10.8 Å². The Hall–Kier alpha value is 3.27. The molecule has 0 saturated heterocycles. The summed E-state index contributed by atoms with van der Waals surface area (Å²) in [6, 6.07) is 8.91. The van der Waals surface area contributed by atoms with E-state index in [4.69, 9.17) is 10.4 Å². The maximum Gasteiger partial charge on any atom is 0.381 e. The summed E-state index contributed by atoms with van der Waals surface area (Å²) in [6.07, 6.45) is 1.38. The zero-order valence-corrected chi connectivity index (χ0v) is 26.2. The number of aromatic nitrogens is 2. The van der Waals surface area contributed by atoms with Crippen molar-refractivity contribution in [3.8, 4) is 0 Å². The van der Waals surface area contributed by atoms with Crippen LogP contribution in [0.2, 0.25) is 0 Å². The van der Waals surface area contributed by atoms with Crippen LogP contribution in [-0.2, 0) is 168 Å². The van der Waals surface area contributed by atoms with Crippen LogP contribution in [0.3, 0.4) is 0 Å². The quantitative estimate of drug-likeness (QED) is 0.360. The van der Waals surface area contributed by atoms with Crippen molar-refractivity contribution in [1.29, 1.82) is 0 Å². The molecular weight excluding hydrogens is 675 g/mol. The van der Waals surface area contributed by atoms with E-state index in [1.165, 1.54) is 12.8 Å². The molecule has 1 aliphatic rings. The summed E-state index contributed by atoms with van der Waals surface area (Å²) in [5.41, 5.74) is 9.39. The molecule has 5 radical (unpaired) electrons. The van der Waals surface area contributed by atoms with Crippen molar-refractivity contribution in [2.24, 2.45) is 0 Å². The molecule has 0 bridgehead atoms. The summed E-state index contributed by atoms with van der Waals surface area (Å²) in [5.74, 6) is 0.328. The minimum atomic E-state index is -0.948. The second-order valence-corrected chi connectivity index (χ2v) is 3.68. The Morgan fingerprint density at radius 1 is 1.22 bits per heavy atom. The van der Waals surface area contributed by atoms with E-state index in [-0.39, 0.29) is 169 Å². The fourth-order valence-electron chi connectivity index (χ4n) is 1.63. The molecule has 105 valence electrons. The van der Waals surface area contributed by atoms with E-state index in [1.807, 2.05) is 0 Å². The van der Waals surface area contributed by atoms with E-state index in [0.29, 0.717) is 17.1 Å². The van der Waals surface area contributed by atoms with Crippen LogP contribution in [0, 0.1) is 18.7 Å². The van der Waals surface area contributed by atoms with Crippen molar-refractivity contribution in [3.63, 3.8) is 0 Å². The molecule has 23 heavy (non-hydrogen) atoms. The van der Waals surface area contributed by atoms with E-state index in [2.05, 4.69) is 27.4 Å². The van der Waals surface area contributed by atoms with Crippen molar-refractivity contribution < 1.29 is 173 Å². The molecule has 0 saturated carbocycles. The Labute approximate surface area is 261 Å². The maximum atomic E-state index is 9.44. The molecule has 0 spiro atoms. The van der Waals surface area contributed by atoms with Crippen molar-refractivity contribution in [1.82, 2.24) is 9.97 Å². The van der Waals surface area contributed by atoms with Crippen molar-refractivity contribution in [2.75, 3.05) is 5.32 Å². The van der Waals surface area contributed by atoms with Crippen LogP contribution in [0.1, 0.15) is 5.56 Å². The van der Waals surface area contributed by atoms with Crippen LogP contribution in [-0.4, -0.2) is 22.1 Å².